The molecule has 2 heterocycles. The maximum atomic E-state index is 5.68. The van der Waals surface area contributed by atoms with Crippen LogP contribution in [0.3, 0.4) is 0 Å². The average Bonchev–Trinajstić information content (AvgIpc) is 3.42. The fraction of sp³-hybridized carbons (Fsp3) is 0.472. The molecule has 0 radical (unpaired) electrons. The molecule has 6 heteroatoms. The van der Waals surface area contributed by atoms with Crippen LogP contribution in [0.4, 0.5) is 11.4 Å². The van der Waals surface area contributed by atoms with Crippen molar-refractivity contribution in [2.24, 2.45) is 0 Å². The van der Waals surface area contributed by atoms with Gasteiger partial charge in [0, 0.05) is 24.5 Å². The summed E-state index contributed by atoms with van der Waals surface area (Å²) in [6, 6.07) is 19.6. The third-order valence-corrected chi connectivity index (χ3v) is 9.79. The second-order valence-electron chi connectivity index (χ2n) is 11.9. The first kappa shape index (κ1) is 36.5. The van der Waals surface area contributed by atoms with Crippen molar-refractivity contribution in [3.05, 3.63) is 95.4 Å². The number of benzene rings is 2. The van der Waals surface area contributed by atoms with E-state index in [1.54, 1.807) is 6.20 Å². The quantitative estimate of drug-likeness (QED) is 0.164. The van der Waals surface area contributed by atoms with Crippen molar-refractivity contribution in [1.82, 2.24) is 4.98 Å². The minimum absolute atomic E-state index is 0. The zero-order valence-corrected chi connectivity index (χ0v) is 29.3. The number of aryl methyl sites for hydroxylation is 1. The molecule has 1 saturated heterocycles. The molecule has 0 amide bonds. The number of anilines is 2. The number of pyridine rings is 1. The van der Waals surface area contributed by atoms with Crippen LogP contribution < -0.4 is 9.80 Å². The van der Waals surface area contributed by atoms with Gasteiger partial charge in [0.25, 0.3) is 0 Å². The summed E-state index contributed by atoms with van der Waals surface area (Å²) in [5.41, 5.74) is 9.76. The van der Waals surface area contributed by atoms with Crippen molar-refractivity contribution < 1.29 is 13.5 Å². The predicted molar refractivity (Wildman–Crippen MR) is 185 cm³/mol. The third-order valence-electron chi connectivity index (χ3n) is 7.46. The average molecular weight is 699 g/mol. The van der Waals surface area contributed by atoms with E-state index in [0.717, 1.165) is 31.6 Å². The van der Waals surface area contributed by atoms with Crippen LogP contribution in [0.25, 0.3) is 0 Å². The molecular formula is C36H52Cl2N3Ru-. The summed E-state index contributed by atoms with van der Waals surface area (Å²) in [6.45, 7) is 22.9. The first-order chi connectivity index (χ1) is 19.5. The maximum absolute atomic E-state index is 5.68. The van der Waals surface area contributed by atoms with Crippen LogP contribution in [0, 0.1) is 6.67 Å². The first-order valence-electron chi connectivity index (χ1n) is 14.9. The number of halogens is 2. The van der Waals surface area contributed by atoms with E-state index in [4.69, 9.17) is 19.4 Å². The molecule has 0 aliphatic carbocycles. The number of hydrogen-bond acceptors (Lipinski definition) is 3. The Kier molecular flexibility index (Phi) is 15.2. The summed E-state index contributed by atoms with van der Waals surface area (Å²) in [5.74, 6) is 2.06. The third kappa shape index (κ3) is 9.90. The van der Waals surface area contributed by atoms with Crippen LogP contribution >= 0.6 is 19.4 Å². The molecule has 0 saturated carbocycles. The molecule has 1 aromatic heterocycles. The van der Waals surface area contributed by atoms with Crippen LogP contribution in [0.5, 0.6) is 0 Å². The first-order valence-corrected chi connectivity index (χ1v) is 20.3. The zero-order chi connectivity index (χ0) is 30.1. The molecule has 1 aliphatic rings. The SMILES string of the molecule is C.CC(C)c1cccc(C(C)C)c1N1[CH-]N(c2c(C(C)C)cccc2C(C)C)CC1.[Cl][Ru]([Cl])=[CH]CCc1ccccn1. The van der Waals surface area contributed by atoms with Gasteiger partial charge in [0.2, 0.25) is 0 Å². The second-order valence-corrected chi connectivity index (χ2v) is 17.8. The van der Waals surface area contributed by atoms with Crippen LogP contribution in [-0.2, 0) is 19.9 Å². The molecule has 0 spiro atoms. The molecule has 234 valence electrons. The van der Waals surface area contributed by atoms with Gasteiger partial charge in [-0.05, 0) is 45.9 Å². The van der Waals surface area contributed by atoms with E-state index in [-0.39, 0.29) is 7.43 Å². The van der Waals surface area contributed by atoms with Crippen molar-refractivity contribution in [2.75, 3.05) is 22.9 Å². The Morgan fingerprint density at radius 2 is 1.14 bits per heavy atom. The van der Waals surface area contributed by atoms with Crippen LogP contribution in [0.15, 0.2) is 60.8 Å². The fourth-order valence-electron chi connectivity index (χ4n) is 5.35. The second kappa shape index (κ2) is 17.5. The Balaban J connectivity index is 0.000000399. The van der Waals surface area contributed by atoms with Crippen LogP contribution in [-0.4, -0.2) is 22.7 Å². The van der Waals surface area contributed by atoms with Gasteiger partial charge in [0.15, 0.2) is 0 Å². The number of rotatable bonds is 9. The summed E-state index contributed by atoms with van der Waals surface area (Å²) in [6.07, 6.45) is 3.67. The van der Waals surface area contributed by atoms with Crippen molar-refractivity contribution in [3.63, 3.8) is 0 Å². The topological polar surface area (TPSA) is 19.4 Å². The molecule has 3 nitrogen and oxygen atoms in total. The summed E-state index contributed by atoms with van der Waals surface area (Å²) < 4.78 is 2.00. The molecular weight excluding hydrogens is 646 g/mol. The van der Waals surface area contributed by atoms with E-state index in [9.17, 15) is 0 Å². The van der Waals surface area contributed by atoms with Gasteiger partial charge in [-0.2, -0.15) is 6.67 Å². The number of para-hydroxylation sites is 2. The van der Waals surface area contributed by atoms with Gasteiger partial charge in [-0.15, -0.1) is 0 Å². The Morgan fingerprint density at radius 1 is 0.714 bits per heavy atom. The molecule has 1 aliphatic heterocycles. The number of aromatic nitrogens is 1. The van der Waals surface area contributed by atoms with E-state index < -0.39 is 13.5 Å². The molecule has 1 fully saturated rings. The monoisotopic (exact) mass is 698 g/mol. The standard InChI is InChI=1S/C27H39N2.C8H9N.CH4.2ClH.Ru/c1-18(2)22-11-9-12-23(19(3)4)26(22)28-15-16-29(17-28)27-24(20(5)6)13-10-14-25(27)21(7)8;1-2-5-8-6-3-4-7-9-8;;;;/h9-14,17-21H,15-16H2,1-8H3;1,3-4,6-7H,2,5H2;1H4;2*1H;/q-1;;;;;+2/p-2. The van der Waals surface area contributed by atoms with E-state index in [1.165, 1.54) is 33.6 Å². The fourth-order valence-corrected chi connectivity index (χ4v) is 6.89. The summed E-state index contributed by atoms with van der Waals surface area (Å²) >= 11 is -1.56. The van der Waals surface area contributed by atoms with Gasteiger partial charge in [-0.25, -0.2) is 0 Å². The summed E-state index contributed by atoms with van der Waals surface area (Å²) in [5, 5.41) is 0. The van der Waals surface area contributed by atoms with Gasteiger partial charge in [0.1, 0.15) is 0 Å². The van der Waals surface area contributed by atoms with E-state index in [0.29, 0.717) is 23.7 Å². The van der Waals surface area contributed by atoms with Gasteiger partial charge in [-0.3, -0.25) is 0 Å². The zero-order valence-electron chi connectivity index (χ0n) is 26.0. The molecule has 3 aromatic rings. The Morgan fingerprint density at radius 3 is 1.48 bits per heavy atom. The Hall–Kier alpha value is -1.74. The molecule has 0 N–H and O–H groups in total. The van der Waals surface area contributed by atoms with Gasteiger partial charge in [0.05, 0.1) is 0 Å². The Bertz CT molecular complexity index is 1150. The van der Waals surface area contributed by atoms with Crippen molar-refractivity contribution in [1.29, 1.82) is 0 Å². The van der Waals surface area contributed by atoms with Crippen molar-refractivity contribution in [3.8, 4) is 0 Å². The summed E-state index contributed by atoms with van der Waals surface area (Å²) in [4.78, 5) is 9.20. The van der Waals surface area contributed by atoms with Crippen LogP contribution in [0.2, 0.25) is 0 Å². The molecule has 0 bridgehead atoms. The van der Waals surface area contributed by atoms with Crippen LogP contribution in [0.1, 0.15) is 121 Å². The normalized spacial score (nSPS) is 13.4. The van der Waals surface area contributed by atoms with E-state index in [1.807, 2.05) is 22.8 Å². The van der Waals surface area contributed by atoms with Crippen molar-refractivity contribution in [2.45, 2.75) is 99.3 Å². The van der Waals surface area contributed by atoms with Gasteiger partial charge in [-0.1, -0.05) is 99.2 Å². The van der Waals surface area contributed by atoms with Crippen molar-refractivity contribution >= 4 is 35.4 Å². The van der Waals surface area contributed by atoms with E-state index >= 15 is 0 Å². The minimum atomic E-state index is -1.56. The summed E-state index contributed by atoms with van der Waals surface area (Å²) in [7, 11) is 11.4. The van der Waals surface area contributed by atoms with Gasteiger partial charge < -0.3 is 9.80 Å². The molecule has 0 unspecified atom stereocenters. The van der Waals surface area contributed by atoms with E-state index in [2.05, 4.69) is 113 Å². The molecule has 42 heavy (non-hydrogen) atoms. The number of nitrogens with zero attached hydrogens (tertiary/aromatic N) is 3. The molecule has 4 rings (SSSR count). The Labute approximate surface area is 270 Å². The predicted octanol–water partition coefficient (Wildman–Crippen LogP) is 11.0. The number of hydrogen-bond donors (Lipinski definition) is 0. The van der Waals surface area contributed by atoms with Gasteiger partial charge >= 0.3 is 85.4 Å². The molecule has 0 atom stereocenters. The molecule has 2 aromatic carbocycles.